The number of halogens is 3. The number of nitrogens with one attached hydrogen (secondary N) is 1. The van der Waals surface area contributed by atoms with Crippen LogP contribution in [-0.4, -0.2) is 14.6 Å². The molecule has 0 aliphatic rings. The Morgan fingerprint density at radius 2 is 2.00 bits per heavy atom. The van der Waals surface area contributed by atoms with Crippen LogP contribution >= 0.6 is 23.2 Å². The molecule has 1 N–H and O–H groups in total. The van der Waals surface area contributed by atoms with Gasteiger partial charge in [-0.15, -0.1) is 0 Å². The van der Waals surface area contributed by atoms with Crippen molar-refractivity contribution in [2.45, 2.75) is 6.92 Å². The Hall–Kier alpha value is -1.85. The lowest BCUT2D eigenvalue weighted by molar-refractivity contribution is 0.628. The molecule has 0 unspecified atom stereocenters. The molecule has 1 aromatic carbocycles. The fourth-order valence-corrected chi connectivity index (χ4v) is 2.24. The van der Waals surface area contributed by atoms with Crippen LogP contribution in [0.2, 0.25) is 10.2 Å². The molecule has 7 heteroatoms. The predicted octanol–water partition coefficient (Wildman–Crippen LogP) is 4.23. The molecule has 3 aromatic rings. The Kier molecular flexibility index (Phi) is 3.23. The number of benzene rings is 1. The Bertz CT molecular complexity index is 800. The van der Waals surface area contributed by atoms with Gasteiger partial charge in [-0.2, -0.15) is 9.61 Å². The fourth-order valence-electron chi connectivity index (χ4n) is 1.87. The van der Waals surface area contributed by atoms with Gasteiger partial charge in [0.15, 0.2) is 5.65 Å². The number of nitrogens with zero attached hydrogens (tertiary/aromatic N) is 3. The van der Waals surface area contributed by atoms with Crippen LogP contribution in [0.1, 0.15) is 5.69 Å². The molecule has 3 rings (SSSR count). The first-order valence-electron chi connectivity index (χ1n) is 5.78. The second-order valence-electron chi connectivity index (χ2n) is 4.27. The first-order valence-corrected chi connectivity index (χ1v) is 6.53. The van der Waals surface area contributed by atoms with Gasteiger partial charge >= 0.3 is 0 Å². The molecule has 0 atom stereocenters. The van der Waals surface area contributed by atoms with Crippen LogP contribution in [0.15, 0.2) is 30.3 Å². The van der Waals surface area contributed by atoms with E-state index in [2.05, 4.69) is 15.4 Å². The van der Waals surface area contributed by atoms with Gasteiger partial charge in [0.2, 0.25) is 0 Å². The second kappa shape index (κ2) is 4.92. The number of hydrogen-bond donors (Lipinski definition) is 1. The van der Waals surface area contributed by atoms with E-state index in [0.717, 1.165) is 5.69 Å². The van der Waals surface area contributed by atoms with Crippen molar-refractivity contribution in [3.63, 3.8) is 0 Å². The summed E-state index contributed by atoms with van der Waals surface area (Å²) in [7, 11) is 0. The lowest BCUT2D eigenvalue weighted by Gasteiger charge is -2.09. The van der Waals surface area contributed by atoms with Crippen LogP contribution in [-0.2, 0) is 0 Å². The van der Waals surface area contributed by atoms with Crippen LogP contribution < -0.4 is 5.32 Å². The van der Waals surface area contributed by atoms with Gasteiger partial charge in [0, 0.05) is 17.8 Å². The number of aryl methyl sites for hydroxylation is 1. The lowest BCUT2D eigenvalue weighted by atomic mass is 10.3. The van der Waals surface area contributed by atoms with Gasteiger partial charge < -0.3 is 5.32 Å². The van der Waals surface area contributed by atoms with Gasteiger partial charge in [-0.1, -0.05) is 23.2 Å². The van der Waals surface area contributed by atoms with E-state index >= 15 is 0 Å². The summed E-state index contributed by atoms with van der Waals surface area (Å²) >= 11 is 11.7. The van der Waals surface area contributed by atoms with Crippen LogP contribution in [0.5, 0.6) is 0 Å². The van der Waals surface area contributed by atoms with Crippen molar-refractivity contribution in [1.29, 1.82) is 0 Å². The van der Waals surface area contributed by atoms with E-state index in [1.807, 2.05) is 13.0 Å². The van der Waals surface area contributed by atoms with Crippen LogP contribution in [0, 0.1) is 12.7 Å². The van der Waals surface area contributed by atoms with Gasteiger partial charge in [0.1, 0.15) is 16.8 Å². The summed E-state index contributed by atoms with van der Waals surface area (Å²) in [6, 6.07) is 7.82. The first-order chi connectivity index (χ1) is 9.52. The Balaban J connectivity index is 2.07. The number of aromatic nitrogens is 3. The van der Waals surface area contributed by atoms with Crippen LogP contribution in [0.3, 0.4) is 0 Å². The van der Waals surface area contributed by atoms with E-state index in [1.165, 1.54) is 12.1 Å². The third-order valence-corrected chi connectivity index (χ3v) is 3.19. The van der Waals surface area contributed by atoms with Crippen molar-refractivity contribution in [3.05, 3.63) is 52.0 Å². The van der Waals surface area contributed by atoms with Crippen molar-refractivity contribution in [3.8, 4) is 0 Å². The van der Waals surface area contributed by atoms with Crippen molar-refractivity contribution in [2.75, 3.05) is 5.32 Å². The highest BCUT2D eigenvalue weighted by Crippen LogP contribution is 2.24. The molecule has 2 aromatic heterocycles. The quantitative estimate of drug-likeness (QED) is 0.720. The Labute approximate surface area is 124 Å². The maximum Gasteiger partial charge on any atom is 0.159 e. The largest absolute Gasteiger partial charge is 0.340 e. The topological polar surface area (TPSA) is 42.2 Å². The first kappa shape index (κ1) is 13.1. The van der Waals surface area contributed by atoms with Gasteiger partial charge in [-0.25, -0.2) is 9.37 Å². The lowest BCUT2D eigenvalue weighted by Crippen LogP contribution is -2.01. The van der Waals surface area contributed by atoms with Gasteiger partial charge in [-0.05, 0) is 25.1 Å². The minimum atomic E-state index is -0.468. The molecular formula is C13H9Cl2FN4. The van der Waals surface area contributed by atoms with E-state index in [4.69, 9.17) is 23.2 Å². The highest BCUT2D eigenvalue weighted by molar-refractivity contribution is 6.31. The molecular weight excluding hydrogens is 302 g/mol. The molecule has 0 aliphatic heterocycles. The van der Waals surface area contributed by atoms with E-state index in [9.17, 15) is 4.39 Å². The normalized spacial score (nSPS) is 11.0. The molecule has 102 valence electrons. The molecule has 0 saturated heterocycles. The highest BCUT2D eigenvalue weighted by atomic mass is 35.5. The monoisotopic (exact) mass is 310 g/mol. The minimum absolute atomic E-state index is 0.0445. The number of anilines is 2. The molecule has 0 amide bonds. The zero-order valence-electron chi connectivity index (χ0n) is 10.4. The third-order valence-electron chi connectivity index (χ3n) is 2.71. The zero-order chi connectivity index (χ0) is 14.3. The van der Waals surface area contributed by atoms with E-state index in [1.54, 1.807) is 16.6 Å². The standard InChI is InChI=1S/C13H9Cl2FN4/c1-7-4-12-18-11(15)6-13(20(12)19-7)17-8-2-3-10(16)9(14)5-8/h2-6,17H,1H3. The second-order valence-corrected chi connectivity index (χ2v) is 5.07. The summed E-state index contributed by atoms with van der Waals surface area (Å²) < 4.78 is 14.8. The molecule has 0 bridgehead atoms. The molecule has 0 radical (unpaired) electrons. The summed E-state index contributed by atoms with van der Waals surface area (Å²) in [5.41, 5.74) is 2.08. The maximum absolute atomic E-state index is 13.1. The highest BCUT2D eigenvalue weighted by Gasteiger charge is 2.08. The van der Waals surface area contributed by atoms with Crippen LogP contribution in [0.4, 0.5) is 15.9 Å². The van der Waals surface area contributed by atoms with Gasteiger partial charge in [0.05, 0.1) is 10.7 Å². The van der Waals surface area contributed by atoms with Crippen molar-refractivity contribution in [2.24, 2.45) is 0 Å². The molecule has 2 heterocycles. The van der Waals surface area contributed by atoms with Crippen molar-refractivity contribution in [1.82, 2.24) is 14.6 Å². The Morgan fingerprint density at radius 1 is 1.20 bits per heavy atom. The van der Waals surface area contributed by atoms with Crippen molar-refractivity contribution < 1.29 is 4.39 Å². The zero-order valence-corrected chi connectivity index (χ0v) is 11.9. The molecule has 0 fully saturated rings. The fraction of sp³-hybridized carbons (Fsp3) is 0.0769. The summed E-state index contributed by atoms with van der Waals surface area (Å²) in [5.74, 6) is 0.154. The predicted molar refractivity (Wildman–Crippen MR) is 77.4 cm³/mol. The summed E-state index contributed by atoms with van der Waals surface area (Å²) in [6.45, 7) is 1.86. The number of hydrogen-bond acceptors (Lipinski definition) is 3. The van der Waals surface area contributed by atoms with Gasteiger partial charge in [-0.3, -0.25) is 0 Å². The number of fused-ring (bicyclic) bond motifs is 1. The van der Waals surface area contributed by atoms with E-state index in [-0.39, 0.29) is 5.02 Å². The smallest absolute Gasteiger partial charge is 0.159 e. The van der Waals surface area contributed by atoms with E-state index < -0.39 is 5.82 Å². The Morgan fingerprint density at radius 3 is 2.75 bits per heavy atom. The third kappa shape index (κ3) is 2.42. The number of rotatable bonds is 2. The molecule has 20 heavy (non-hydrogen) atoms. The van der Waals surface area contributed by atoms with Crippen molar-refractivity contribution >= 4 is 40.4 Å². The minimum Gasteiger partial charge on any atom is -0.340 e. The SMILES string of the molecule is Cc1cc2nc(Cl)cc(Nc3ccc(F)c(Cl)c3)n2n1. The molecule has 0 saturated carbocycles. The average Bonchev–Trinajstić information content (AvgIpc) is 2.74. The molecule has 0 aliphatic carbocycles. The summed E-state index contributed by atoms with van der Waals surface area (Å²) in [4.78, 5) is 4.17. The maximum atomic E-state index is 13.1. The molecule has 4 nitrogen and oxygen atoms in total. The van der Waals surface area contributed by atoms with Gasteiger partial charge in [0.25, 0.3) is 0 Å². The van der Waals surface area contributed by atoms with E-state index in [0.29, 0.717) is 22.3 Å². The van der Waals surface area contributed by atoms with Crippen LogP contribution in [0.25, 0.3) is 5.65 Å². The summed E-state index contributed by atoms with van der Waals surface area (Å²) in [5, 5.41) is 7.80. The summed E-state index contributed by atoms with van der Waals surface area (Å²) in [6.07, 6.45) is 0. The average molecular weight is 311 g/mol. The molecule has 0 spiro atoms.